The maximum Gasteiger partial charge on any atom is 0.303 e. The van der Waals surface area contributed by atoms with Gasteiger partial charge in [-0.3, -0.25) is 4.79 Å². The van der Waals surface area contributed by atoms with Gasteiger partial charge in [-0.2, -0.15) is 0 Å². The van der Waals surface area contributed by atoms with Crippen molar-refractivity contribution >= 4 is 5.97 Å². The molecule has 0 spiro atoms. The molecule has 92 valence electrons. The number of aryl methyl sites for hydroxylation is 1. The second-order valence-corrected chi connectivity index (χ2v) is 3.64. The minimum atomic E-state index is -0.858. The average Bonchev–Trinajstić information content (AvgIpc) is 2.39. The molecule has 0 atom stereocenters. The van der Waals surface area contributed by atoms with Gasteiger partial charge in [-0.1, -0.05) is 18.2 Å². The van der Waals surface area contributed by atoms with E-state index in [-0.39, 0.29) is 6.42 Å². The first kappa shape index (κ1) is 12.0. The molecule has 5 heteroatoms. The molecule has 1 aromatic heterocycles. The topological polar surface area (TPSA) is 72.3 Å². The number of aliphatic carboxylic acids is 1. The number of rotatable bonds is 5. The molecule has 5 nitrogen and oxygen atoms in total. The van der Waals surface area contributed by atoms with Gasteiger partial charge in [0.15, 0.2) is 5.75 Å². The van der Waals surface area contributed by atoms with Crippen molar-refractivity contribution in [1.82, 2.24) is 9.97 Å². The average molecular weight is 244 g/mol. The normalized spacial score (nSPS) is 10.0. The van der Waals surface area contributed by atoms with Crippen LogP contribution < -0.4 is 4.74 Å². The highest BCUT2D eigenvalue weighted by Gasteiger charge is 2.03. The van der Waals surface area contributed by atoms with Crippen LogP contribution in [0.3, 0.4) is 0 Å². The van der Waals surface area contributed by atoms with Crippen molar-refractivity contribution in [3.63, 3.8) is 0 Å². The number of carbonyl (C=O) groups is 1. The van der Waals surface area contributed by atoms with Crippen LogP contribution in [0.25, 0.3) is 0 Å². The summed E-state index contributed by atoms with van der Waals surface area (Å²) in [5, 5.41) is 8.54. The summed E-state index contributed by atoms with van der Waals surface area (Å²) in [4.78, 5) is 18.5. The van der Waals surface area contributed by atoms with Gasteiger partial charge >= 0.3 is 5.97 Å². The fraction of sp³-hybridized carbons (Fsp3) is 0.154. The summed E-state index contributed by atoms with van der Waals surface area (Å²) in [7, 11) is 0. The second-order valence-electron chi connectivity index (χ2n) is 3.64. The second kappa shape index (κ2) is 5.77. The van der Waals surface area contributed by atoms with Crippen LogP contribution in [0.1, 0.15) is 12.2 Å². The van der Waals surface area contributed by atoms with Gasteiger partial charge in [-0.25, -0.2) is 9.97 Å². The molecular formula is C13H12N2O3. The Morgan fingerprint density at radius 1 is 1.11 bits per heavy atom. The lowest BCUT2D eigenvalue weighted by molar-refractivity contribution is -0.137. The van der Waals surface area contributed by atoms with Crippen LogP contribution in [0.4, 0.5) is 0 Å². The lowest BCUT2D eigenvalue weighted by Gasteiger charge is -2.04. The molecule has 18 heavy (non-hydrogen) atoms. The Morgan fingerprint density at radius 3 is 2.39 bits per heavy atom. The fourth-order valence-corrected chi connectivity index (χ4v) is 1.37. The number of benzene rings is 1. The Hall–Kier alpha value is -2.43. The number of ether oxygens (including phenoxy) is 1. The van der Waals surface area contributed by atoms with E-state index in [1.54, 1.807) is 0 Å². The van der Waals surface area contributed by atoms with Gasteiger partial charge in [0.25, 0.3) is 0 Å². The van der Waals surface area contributed by atoms with Gasteiger partial charge in [-0.15, -0.1) is 0 Å². The third kappa shape index (κ3) is 3.55. The smallest absolute Gasteiger partial charge is 0.303 e. The van der Waals surface area contributed by atoms with Crippen LogP contribution in [0.15, 0.2) is 42.7 Å². The number of hydrogen-bond donors (Lipinski definition) is 1. The van der Waals surface area contributed by atoms with Crippen molar-refractivity contribution in [3.05, 3.63) is 48.5 Å². The fourth-order valence-electron chi connectivity index (χ4n) is 1.37. The van der Waals surface area contributed by atoms with E-state index in [4.69, 9.17) is 9.84 Å². The molecule has 0 aliphatic heterocycles. The lowest BCUT2D eigenvalue weighted by Crippen LogP contribution is -2.01. The van der Waals surface area contributed by atoms with Crippen molar-refractivity contribution in [2.24, 2.45) is 0 Å². The number of hydrogen-bond acceptors (Lipinski definition) is 4. The molecule has 2 rings (SSSR count). The van der Waals surface area contributed by atoms with Gasteiger partial charge in [0, 0.05) is 6.42 Å². The van der Waals surface area contributed by atoms with Crippen LogP contribution >= 0.6 is 0 Å². The van der Waals surface area contributed by atoms with Gasteiger partial charge in [-0.05, 0) is 12.1 Å². The molecule has 0 amide bonds. The third-order valence-corrected chi connectivity index (χ3v) is 2.22. The number of para-hydroxylation sites is 1. The first-order valence-corrected chi connectivity index (χ1v) is 5.49. The Balaban J connectivity index is 1.97. The highest BCUT2D eigenvalue weighted by atomic mass is 16.5. The minimum absolute atomic E-state index is 0.0267. The predicted octanol–water partition coefficient (Wildman–Crippen LogP) is 2.29. The van der Waals surface area contributed by atoms with Crippen LogP contribution in [0.5, 0.6) is 11.5 Å². The molecule has 0 bridgehead atoms. The van der Waals surface area contributed by atoms with E-state index in [1.165, 1.54) is 12.4 Å². The summed E-state index contributed by atoms with van der Waals surface area (Å²) in [6.45, 7) is 0. The molecule has 0 unspecified atom stereocenters. The van der Waals surface area contributed by atoms with Gasteiger partial charge in [0.2, 0.25) is 0 Å². The predicted molar refractivity (Wildman–Crippen MR) is 64.5 cm³/mol. The van der Waals surface area contributed by atoms with E-state index in [9.17, 15) is 4.79 Å². The van der Waals surface area contributed by atoms with Crippen molar-refractivity contribution in [2.45, 2.75) is 12.8 Å². The summed E-state index contributed by atoms with van der Waals surface area (Å²) < 4.78 is 5.52. The van der Waals surface area contributed by atoms with E-state index >= 15 is 0 Å². The monoisotopic (exact) mass is 244 g/mol. The minimum Gasteiger partial charge on any atom is -0.481 e. The van der Waals surface area contributed by atoms with E-state index in [0.29, 0.717) is 23.7 Å². The molecule has 0 aliphatic carbocycles. The summed E-state index contributed by atoms with van der Waals surface area (Å²) in [5.74, 6) is 0.876. The molecule has 1 heterocycles. The molecule has 0 aliphatic rings. The van der Waals surface area contributed by atoms with Crippen molar-refractivity contribution in [2.75, 3.05) is 0 Å². The Kier molecular flexibility index (Phi) is 3.86. The zero-order valence-corrected chi connectivity index (χ0v) is 9.61. The van der Waals surface area contributed by atoms with Crippen LogP contribution in [-0.4, -0.2) is 21.0 Å². The number of nitrogens with zero attached hydrogens (tertiary/aromatic N) is 2. The zero-order valence-electron chi connectivity index (χ0n) is 9.61. The first-order valence-electron chi connectivity index (χ1n) is 5.49. The van der Waals surface area contributed by atoms with E-state index in [2.05, 4.69) is 9.97 Å². The molecule has 0 saturated carbocycles. The van der Waals surface area contributed by atoms with Gasteiger partial charge in [0.1, 0.15) is 11.6 Å². The first-order chi connectivity index (χ1) is 8.74. The molecule has 2 aromatic rings. The highest BCUT2D eigenvalue weighted by molar-refractivity contribution is 5.66. The molecule has 1 aromatic carbocycles. The van der Waals surface area contributed by atoms with Gasteiger partial charge in [0.05, 0.1) is 18.8 Å². The summed E-state index contributed by atoms with van der Waals surface area (Å²) in [6.07, 6.45) is 3.42. The third-order valence-electron chi connectivity index (χ3n) is 2.22. The molecule has 0 radical (unpaired) electrons. The zero-order chi connectivity index (χ0) is 12.8. The Bertz CT molecular complexity index is 512. The quantitative estimate of drug-likeness (QED) is 0.873. The number of carboxylic acid groups (broad SMARTS) is 1. The molecule has 0 saturated heterocycles. The van der Waals surface area contributed by atoms with Crippen molar-refractivity contribution < 1.29 is 14.6 Å². The number of carboxylic acids is 1. The molecule has 1 N–H and O–H groups in total. The largest absolute Gasteiger partial charge is 0.481 e. The summed E-state index contributed by atoms with van der Waals surface area (Å²) >= 11 is 0. The SMILES string of the molecule is O=C(O)CCc1ncc(Oc2ccccc2)cn1. The maximum atomic E-state index is 10.4. The van der Waals surface area contributed by atoms with E-state index < -0.39 is 5.97 Å². The van der Waals surface area contributed by atoms with Crippen LogP contribution in [0.2, 0.25) is 0 Å². The maximum absolute atomic E-state index is 10.4. The molecular weight excluding hydrogens is 232 g/mol. The Labute approximate surface area is 104 Å². The Morgan fingerprint density at radius 2 is 1.78 bits per heavy atom. The van der Waals surface area contributed by atoms with Crippen LogP contribution in [-0.2, 0) is 11.2 Å². The van der Waals surface area contributed by atoms with E-state index in [1.807, 2.05) is 30.3 Å². The molecule has 0 fully saturated rings. The number of aromatic nitrogens is 2. The summed E-state index contributed by atoms with van der Waals surface area (Å²) in [6, 6.07) is 9.31. The van der Waals surface area contributed by atoms with Gasteiger partial charge < -0.3 is 9.84 Å². The summed E-state index contributed by atoms with van der Waals surface area (Å²) in [5.41, 5.74) is 0. The van der Waals surface area contributed by atoms with E-state index in [0.717, 1.165) is 0 Å². The highest BCUT2D eigenvalue weighted by Crippen LogP contribution is 2.18. The van der Waals surface area contributed by atoms with Crippen molar-refractivity contribution in [3.8, 4) is 11.5 Å². The standard InChI is InChI=1S/C13H12N2O3/c16-13(17)7-6-12-14-8-11(9-15-12)18-10-4-2-1-3-5-10/h1-5,8-9H,6-7H2,(H,16,17). The van der Waals surface area contributed by atoms with Crippen molar-refractivity contribution in [1.29, 1.82) is 0 Å². The van der Waals surface area contributed by atoms with Crippen LogP contribution in [0, 0.1) is 0 Å². The lowest BCUT2D eigenvalue weighted by atomic mass is 10.3.